The Morgan fingerprint density at radius 2 is 1.55 bits per heavy atom. The molecule has 0 aromatic carbocycles. The minimum Gasteiger partial charge on any atom is -0.358 e. The van der Waals surface area contributed by atoms with E-state index in [0.29, 0.717) is 27.7 Å². The number of nitrogens with zero attached hydrogens (tertiary/aromatic N) is 2. The molecule has 0 N–H and O–H groups in total. The zero-order chi connectivity index (χ0) is 16.8. The molecule has 0 aliphatic heterocycles. The largest absolute Gasteiger partial charge is 0.358 e. The average molecular weight is 361 g/mol. The van der Waals surface area contributed by atoms with Crippen molar-refractivity contribution in [3.63, 3.8) is 0 Å². The van der Waals surface area contributed by atoms with Crippen LogP contribution in [0.5, 0.6) is 0 Å². The van der Waals surface area contributed by atoms with E-state index in [-0.39, 0.29) is 10.2 Å². The summed E-state index contributed by atoms with van der Waals surface area (Å²) in [6.07, 6.45) is 1.97. The number of hydrogen-bond donors (Lipinski definition) is 0. The Morgan fingerprint density at radius 3 is 2.00 bits per heavy atom. The van der Waals surface area contributed by atoms with E-state index in [2.05, 4.69) is 50.8 Å². The van der Waals surface area contributed by atoms with Crippen LogP contribution in [0.4, 0.5) is 4.39 Å². The van der Waals surface area contributed by atoms with Gasteiger partial charge in [-0.25, -0.2) is 9.37 Å². The smallest absolute Gasteiger partial charge is 0.171 e. The van der Waals surface area contributed by atoms with Gasteiger partial charge >= 0.3 is 0 Å². The first-order valence-electron chi connectivity index (χ1n) is 7.67. The van der Waals surface area contributed by atoms with Crippen LogP contribution in [0.1, 0.15) is 41.5 Å². The van der Waals surface area contributed by atoms with Crippen LogP contribution in [-0.2, 0) is 0 Å². The lowest BCUT2D eigenvalue weighted by Gasteiger charge is -2.44. The first-order valence-corrected chi connectivity index (χ1v) is 10.6. The monoisotopic (exact) mass is 360 g/mol. The van der Waals surface area contributed by atoms with Crippen molar-refractivity contribution in [2.24, 2.45) is 0 Å². The van der Waals surface area contributed by atoms with Crippen LogP contribution in [-0.4, -0.2) is 17.5 Å². The molecule has 2 rings (SSSR count). The number of halogens is 3. The Morgan fingerprint density at radius 1 is 1.05 bits per heavy atom. The summed E-state index contributed by atoms with van der Waals surface area (Å²) in [6.45, 7) is 13.5. The van der Waals surface area contributed by atoms with E-state index in [1.54, 1.807) is 6.07 Å². The number of fused-ring (bicyclic) bond motifs is 1. The summed E-state index contributed by atoms with van der Waals surface area (Å²) in [5.41, 5.74) is 2.09. The second-order valence-electron chi connectivity index (χ2n) is 6.80. The molecule has 6 heteroatoms. The van der Waals surface area contributed by atoms with E-state index in [1.165, 1.54) is 0 Å². The Bertz CT molecular complexity index is 673. The number of rotatable bonds is 4. The third kappa shape index (κ3) is 2.40. The Hall–Kier alpha value is -0.583. The second kappa shape index (κ2) is 6.14. The van der Waals surface area contributed by atoms with Gasteiger partial charge in [0.05, 0.1) is 5.39 Å². The predicted molar refractivity (Wildman–Crippen MR) is 96.2 cm³/mol. The van der Waals surface area contributed by atoms with Gasteiger partial charge in [0, 0.05) is 0 Å². The minimum atomic E-state index is -1.99. The van der Waals surface area contributed by atoms with Gasteiger partial charge in [0.25, 0.3) is 0 Å². The van der Waals surface area contributed by atoms with Crippen molar-refractivity contribution in [1.82, 2.24) is 9.22 Å². The summed E-state index contributed by atoms with van der Waals surface area (Å²) in [6, 6.07) is 1.77. The molecular formula is C16H23Cl2FN2Si. The van der Waals surface area contributed by atoms with Crippen LogP contribution in [0.3, 0.4) is 0 Å². The van der Waals surface area contributed by atoms with Crippen molar-refractivity contribution < 1.29 is 4.39 Å². The molecule has 0 radical (unpaired) electrons. The molecule has 0 unspecified atom stereocenters. The number of pyridine rings is 1. The maximum Gasteiger partial charge on any atom is 0.171 e. The molecule has 2 heterocycles. The molecule has 0 bridgehead atoms. The molecule has 122 valence electrons. The highest BCUT2D eigenvalue weighted by molar-refractivity contribution is 6.82. The highest BCUT2D eigenvalue weighted by atomic mass is 35.5. The zero-order valence-electron chi connectivity index (χ0n) is 13.9. The van der Waals surface area contributed by atoms with Gasteiger partial charge in [-0.3, -0.25) is 0 Å². The topological polar surface area (TPSA) is 17.8 Å². The third-order valence-corrected chi connectivity index (χ3v) is 12.3. The lowest BCUT2D eigenvalue weighted by atomic mass is 10.3. The van der Waals surface area contributed by atoms with Crippen LogP contribution in [0, 0.1) is 5.82 Å². The fourth-order valence-corrected chi connectivity index (χ4v) is 11.1. The van der Waals surface area contributed by atoms with Gasteiger partial charge in [-0.2, -0.15) is 0 Å². The quantitative estimate of drug-likeness (QED) is 0.449. The number of hydrogen-bond acceptors (Lipinski definition) is 1. The lowest BCUT2D eigenvalue weighted by molar-refractivity contribution is 0.639. The molecule has 2 aromatic rings. The summed E-state index contributed by atoms with van der Waals surface area (Å²) in [5, 5.41) is 0.386. The molecule has 0 aliphatic rings. The molecule has 0 fully saturated rings. The van der Waals surface area contributed by atoms with E-state index < -0.39 is 14.1 Å². The van der Waals surface area contributed by atoms with Gasteiger partial charge in [0.2, 0.25) is 0 Å². The van der Waals surface area contributed by atoms with Crippen molar-refractivity contribution >= 4 is 42.5 Å². The van der Waals surface area contributed by atoms with Crippen molar-refractivity contribution in [3.05, 3.63) is 28.3 Å². The Labute approximate surface area is 142 Å². The van der Waals surface area contributed by atoms with E-state index in [0.717, 1.165) is 0 Å². The molecule has 2 aromatic heterocycles. The Kier molecular flexibility index (Phi) is 4.96. The van der Waals surface area contributed by atoms with E-state index in [4.69, 9.17) is 23.2 Å². The van der Waals surface area contributed by atoms with Gasteiger partial charge < -0.3 is 4.23 Å². The maximum absolute atomic E-state index is 14.4. The van der Waals surface area contributed by atoms with E-state index in [1.807, 2.05) is 6.20 Å². The molecular weight excluding hydrogens is 338 g/mol. The van der Waals surface area contributed by atoms with E-state index in [9.17, 15) is 4.39 Å². The van der Waals surface area contributed by atoms with Crippen LogP contribution in [0.2, 0.25) is 26.8 Å². The first-order chi connectivity index (χ1) is 10.2. The fourth-order valence-electron chi connectivity index (χ4n) is 4.21. The maximum atomic E-state index is 14.4. The highest BCUT2D eigenvalue weighted by Crippen LogP contribution is 2.44. The summed E-state index contributed by atoms with van der Waals surface area (Å²) >= 11 is 11.9. The summed E-state index contributed by atoms with van der Waals surface area (Å²) in [4.78, 5) is 4.40. The van der Waals surface area contributed by atoms with Crippen LogP contribution >= 0.6 is 23.2 Å². The predicted octanol–water partition coefficient (Wildman–Crippen LogP) is 6.51. The van der Waals surface area contributed by atoms with Crippen molar-refractivity contribution in [1.29, 1.82) is 0 Å². The lowest BCUT2D eigenvalue weighted by Crippen LogP contribution is -2.51. The molecule has 0 saturated carbocycles. The third-order valence-electron chi connectivity index (χ3n) is 4.87. The van der Waals surface area contributed by atoms with Crippen LogP contribution in [0.25, 0.3) is 11.0 Å². The van der Waals surface area contributed by atoms with Gasteiger partial charge in [0.15, 0.2) is 19.2 Å². The first kappa shape index (κ1) is 17.8. The Balaban J connectivity index is 2.87. The fraction of sp³-hybridized carbons (Fsp3) is 0.562. The van der Waals surface area contributed by atoms with Crippen molar-refractivity contribution in [2.75, 3.05) is 0 Å². The SMILES string of the molecule is CC(C)[Si](C(C)C)(C(C)C)n1ccc2c(F)c(Cl)c(Cl)nc21. The highest BCUT2D eigenvalue weighted by Gasteiger charge is 2.46. The number of aromatic nitrogens is 2. The van der Waals surface area contributed by atoms with Gasteiger partial charge in [-0.05, 0) is 28.9 Å². The van der Waals surface area contributed by atoms with Crippen LogP contribution in [0.15, 0.2) is 12.3 Å². The normalized spacial score (nSPS) is 13.1. The summed E-state index contributed by atoms with van der Waals surface area (Å²) < 4.78 is 16.6. The van der Waals surface area contributed by atoms with Gasteiger partial charge in [-0.1, -0.05) is 64.7 Å². The van der Waals surface area contributed by atoms with Gasteiger partial charge in [0.1, 0.15) is 10.7 Å². The van der Waals surface area contributed by atoms with Crippen LogP contribution < -0.4 is 0 Å². The molecule has 0 atom stereocenters. The zero-order valence-corrected chi connectivity index (χ0v) is 16.4. The summed E-state index contributed by atoms with van der Waals surface area (Å²) in [5.74, 6) is -0.477. The van der Waals surface area contributed by atoms with E-state index >= 15 is 0 Å². The minimum absolute atomic E-state index is 0.0331. The van der Waals surface area contributed by atoms with Crippen molar-refractivity contribution in [3.8, 4) is 0 Å². The molecule has 22 heavy (non-hydrogen) atoms. The average Bonchev–Trinajstić information content (AvgIpc) is 2.80. The second-order valence-corrected chi connectivity index (χ2v) is 13.3. The standard InChI is InChI=1S/C16H23Cl2FN2Si/c1-9(2)22(10(3)4,11(5)6)21-8-7-12-14(19)13(17)15(18)20-16(12)21/h7-11H,1-6H3. The molecule has 0 aliphatic carbocycles. The molecule has 2 nitrogen and oxygen atoms in total. The summed E-state index contributed by atoms with van der Waals surface area (Å²) in [7, 11) is -1.99. The molecule has 0 saturated heterocycles. The molecule has 0 amide bonds. The molecule has 0 spiro atoms. The van der Waals surface area contributed by atoms with Crippen molar-refractivity contribution in [2.45, 2.75) is 58.2 Å². The van der Waals surface area contributed by atoms with Gasteiger partial charge in [-0.15, -0.1) is 0 Å².